The summed E-state index contributed by atoms with van der Waals surface area (Å²) in [5.41, 5.74) is 5.69. The maximum atomic E-state index is 4.61. The van der Waals surface area contributed by atoms with E-state index in [1.54, 1.807) is 0 Å². The Labute approximate surface area is 139 Å². The van der Waals surface area contributed by atoms with E-state index in [1.165, 1.54) is 22.0 Å². The molecule has 3 aromatic heterocycles. The molecule has 0 atom stereocenters. The lowest BCUT2D eigenvalue weighted by molar-refractivity contribution is 1.11. The summed E-state index contributed by atoms with van der Waals surface area (Å²) in [5, 5.41) is 2.39. The van der Waals surface area contributed by atoms with E-state index in [0.29, 0.717) is 0 Å². The highest BCUT2D eigenvalue weighted by molar-refractivity contribution is 5.97. The Morgan fingerprint density at radius 2 is 1.79 bits per heavy atom. The molecule has 24 heavy (non-hydrogen) atoms. The number of H-pyrrole nitrogens is 1. The number of hydrogen-bond acceptors (Lipinski definition) is 1. The van der Waals surface area contributed by atoms with Crippen molar-refractivity contribution in [3.05, 3.63) is 85.5 Å². The van der Waals surface area contributed by atoms with E-state index in [-0.39, 0.29) is 0 Å². The lowest BCUT2D eigenvalue weighted by atomic mass is 10.1. The third-order valence-corrected chi connectivity index (χ3v) is 4.48. The molecular weight excluding hydrogens is 294 g/mol. The predicted octanol–water partition coefficient (Wildman–Crippen LogP) is 5.17. The summed E-state index contributed by atoms with van der Waals surface area (Å²) in [6.07, 6.45) is 8.12. The van der Waals surface area contributed by atoms with Crippen LogP contribution < -0.4 is 0 Å². The van der Waals surface area contributed by atoms with Crippen LogP contribution >= 0.6 is 0 Å². The fraction of sp³-hybridized carbons (Fsp3) is 0. The lowest BCUT2D eigenvalue weighted by Crippen LogP contribution is -1.93. The minimum Gasteiger partial charge on any atom is -0.367 e. The number of nitrogens with zero attached hydrogens (tertiary/aromatic N) is 2. The summed E-state index contributed by atoms with van der Waals surface area (Å²) in [5.74, 6) is 0. The first-order valence-corrected chi connectivity index (χ1v) is 7.98. The highest BCUT2D eigenvalue weighted by Crippen LogP contribution is 2.32. The van der Waals surface area contributed by atoms with Gasteiger partial charge in [0.2, 0.25) is 0 Å². The average molecular weight is 309 g/mol. The predicted molar refractivity (Wildman–Crippen MR) is 98.4 cm³/mol. The molecule has 0 saturated heterocycles. The molecule has 0 aliphatic carbocycles. The summed E-state index contributed by atoms with van der Waals surface area (Å²) in [4.78, 5) is 7.75. The molecule has 0 fully saturated rings. The van der Waals surface area contributed by atoms with E-state index in [9.17, 15) is 0 Å². The second kappa shape index (κ2) is 5.10. The van der Waals surface area contributed by atoms with Crippen molar-refractivity contribution in [3.63, 3.8) is 0 Å². The first kappa shape index (κ1) is 13.1. The average Bonchev–Trinajstić information content (AvgIpc) is 3.29. The maximum Gasteiger partial charge on any atom is 0.0703 e. The van der Waals surface area contributed by atoms with Crippen LogP contribution in [0.25, 0.3) is 38.6 Å². The van der Waals surface area contributed by atoms with Crippen molar-refractivity contribution >= 4 is 21.8 Å². The van der Waals surface area contributed by atoms with Crippen molar-refractivity contribution in [1.29, 1.82) is 0 Å². The number of fused-ring (bicyclic) bond motifs is 2. The van der Waals surface area contributed by atoms with Gasteiger partial charge in [0.1, 0.15) is 0 Å². The van der Waals surface area contributed by atoms with E-state index < -0.39 is 0 Å². The van der Waals surface area contributed by atoms with Crippen LogP contribution in [0.5, 0.6) is 0 Å². The molecule has 3 heteroatoms. The van der Waals surface area contributed by atoms with Crippen molar-refractivity contribution in [2.24, 2.45) is 0 Å². The number of aromatic amines is 1. The lowest BCUT2D eigenvalue weighted by Gasteiger charge is -2.06. The number of para-hydroxylation sites is 2. The van der Waals surface area contributed by atoms with Gasteiger partial charge in [-0.3, -0.25) is 4.98 Å². The second-order valence-corrected chi connectivity index (χ2v) is 5.92. The van der Waals surface area contributed by atoms with E-state index in [4.69, 9.17) is 0 Å². The Bertz CT molecular complexity index is 1150. The first-order valence-electron chi connectivity index (χ1n) is 7.98. The van der Waals surface area contributed by atoms with Crippen LogP contribution in [0.1, 0.15) is 0 Å². The number of nitrogens with one attached hydrogen (secondary N) is 1. The smallest absolute Gasteiger partial charge is 0.0703 e. The zero-order valence-electron chi connectivity index (χ0n) is 13.0. The van der Waals surface area contributed by atoms with E-state index in [0.717, 1.165) is 16.6 Å². The van der Waals surface area contributed by atoms with Crippen LogP contribution in [0.15, 0.2) is 85.5 Å². The molecule has 0 aliphatic rings. The van der Waals surface area contributed by atoms with Gasteiger partial charge in [-0.05, 0) is 24.3 Å². The Morgan fingerprint density at radius 1 is 0.917 bits per heavy atom. The molecule has 3 heterocycles. The van der Waals surface area contributed by atoms with Crippen molar-refractivity contribution < 1.29 is 0 Å². The van der Waals surface area contributed by atoms with Crippen molar-refractivity contribution in [2.75, 3.05) is 0 Å². The van der Waals surface area contributed by atoms with Gasteiger partial charge in [0.05, 0.1) is 22.9 Å². The Balaban J connectivity index is 1.79. The zero-order chi connectivity index (χ0) is 15.9. The van der Waals surface area contributed by atoms with Crippen LogP contribution in [0.4, 0.5) is 0 Å². The molecule has 3 nitrogen and oxygen atoms in total. The number of pyridine rings is 1. The minimum atomic E-state index is 1.02. The molecule has 0 spiro atoms. The van der Waals surface area contributed by atoms with Crippen molar-refractivity contribution in [3.8, 4) is 16.8 Å². The number of aromatic nitrogens is 3. The van der Waals surface area contributed by atoms with Crippen molar-refractivity contribution in [2.45, 2.75) is 0 Å². The Morgan fingerprint density at radius 3 is 2.71 bits per heavy atom. The maximum absolute atomic E-state index is 4.61. The van der Waals surface area contributed by atoms with Gasteiger partial charge in [-0.15, -0.1) is 0 Å². The highest BCUT2D eigenvalue weighted by Gasteiger charge is 2.12. The SMILES string of the molecule is c1ccc2ncc(-n3cc(-c4cc[nH]c4)c4ccccc43)cc2c1. The normalized spacial score (nSPS) is 11.3. The second-order valence-electron chi connectivity index (χ2n) is 5.92. The summed E-state index contributed by atoms with van der Waals surface area (Å²) in [6, 6.07) is 21.0. The third-order valence-electron chi connectivity index (χ3n) is 4.48. The largest absolute Gasteiger partial charge is 0.367 e. The van der Waals surface area contributed by atoms with Crippen LogP contribution in [0.2, 0.25) is 0 Å². The first-order chi connectivity index (χ1) is 11.9. The molecule has 0 unspecified atom stereocenters. The fourth-order valence-corrected chi connectivity index (χ4v) is 3.31. The minimum absolute atomic E-state index is 1.02. The molecule has 2 aromatic carbocycles. The van der Waals surface area contributed by atoms with Gasteiger partial charge in [-0.25, -0.2) is 0 Å². The van der Waals surface area contributed by atoms with E-state index in [1.807, 2.05) is 36.8 Å². The van der Waals surface area contributed by atoms with Crippen LogP contribution in [-0.2, 0) is 0 Å². The molecule has 5 aromatic rings. The van der Waals surface area contributed by atoms with Gasteiger partial charge >= 0.3 is 0 Å². The number of hydrogen-bond donors (Lipinski definition) is 1. The van der Waals surface area contributed by atoms with Crippen LogP contribution in [0, 0.1) is 0 Å². The van der Waals surface area contributed by atoms with E-state index in [2.05, 4.69) is 63.2 Å². The van der Waals surface area contributed by atoms with Gasteiger partial charge in [0.15, 0.2) is 0 Å². The molecule has 0 aliphatic heterocycles. The van der Waals surface area contributed by atoms with Gasteiger partial charge in [0.25, 0.3) is 0 Å². The monoisotopic (exact) mass is 309 g/mol. The van der Waals surface area contributed by atoms with Crippen LogP contribution in [0.3, 0.4) is 0 Å². The molecule has 0 bridgehead atoms. The Hall–Kier alpha value is -3.33. The summed E-state index contributed by atoms with van der Waals surface area (Å²) >= 11 is 0. The zero-order valence-corrected chi connectivity index (χ0v) is 13.0. The van der Waals surface area contributed by atoms with E-state index >= 15 is 0 Å². The molecule has 0 radical (unpaired) electrons. The Kier molecular flexibility index (Phi) is 2.79. The molecule has 0 saturated carbocycles. The standard InChI is InChI=1S/C21H15N3/c1-3-7-20-15(5-1)11-17(13-23-20)24-14-19(16-9-10-22-12-16)18-6-2-4-8-21(18)24/h1-14,22H. The number of rotatable bonds is 2. The van der Waals surface area contributed by atoms with Gasteiger partial charge in [0, 0.05) is 40.5 Å². The highest BCUT2D eigenvalue weighted by atomic mass is 15.0. The van der Waals surface area contributed by atoms with Crippen LogP contribution in [-0.4, -0.2) is 14.5 Å². The summed E-state index contributed by atoms with van der Waals surface area (Å²) in [7, 11) is 0. The van der Waals surface area contributed by atoms with Gasteiger partial charge in [-0.2, -0.15) is 0 Å². The molecular formula is C21H15N3. The molecule has 1 N–H and O–H groups in total. The fourth-order valence-electron chi connectivity index (χ4n) is 3.31. The number of benzene rings is 2. The van der Waals surface area contributed by atoms with Gasteiger partial charge in [-0.1, -0.05) is 36.4 Å². The molecule has 5 rings (SSSR count). The molecule has 114 valence electrons. The molecule has 0 amide bonds. The van der Waals surface area contributed by atoms with Gasteiger partial charge < -0.3 is 9.55 Å². The van der Waals surface area contributed by atoms with Crippen molar-refractivity contribution in [1.82, 2.24) is 14.5 Å². The quantitative estimate of drug-likeness (QED) is 0.479. The summed E-state index contributed by atoms with van der Waals surface area (Å²) in [6.45, 7) is 0. The third kappa shape index (κ3) is 1.95. The topological polar surface area (TPSA) is 33.6 Å². The summed E-state index contributed by atoms with van der Waals surface area (Å²) < 4.78 is 2.22.